The van der Waals surface area contributed by atoms with Crippen molar-refractivity contribution >= 4 is 5.82 Å². The average molecular weight is 228 g/mol. The molecule has 2 rings (SSSR count). The van der Waals surface area contributed by atoms with E-state index >= 15 is 0 Å². The van der Waals surface area contributed by atoms with Crippen LogP contribution in [0.1, 0.15) is 30.1 Å². The highest BCUT2D eigenvalue weighted by atomic mass is 16.3. The van der Waals surface area contributed by atoms with Crippen LogP contribution < -0.4 is 5.73 Å². The summed E-state index contributed by atoms with van der Waals surface area (Å²) in [6.45, 7) is 1.98. The second kappa shape index (κ2) is 4.97. The van der Waals surface area contributed by atoms with Crippen LogP contribution in [0.5, 0.6) is 0 Å². The van der Waals surface area contributed by atoms with Gasteiger partial charge in [-0.2, -0.15) is 0 Å². The lowest BCUT2D eigenvalue weighted by Crippen LogP contribution is -2.10. The summed E-state index contributed by atoms with van der Waals surface area (Å²) in [6.07, 6.45) is 0.991. The minimum Gasteiger partial charge on any atom is -0.388 e. The van der Waals surface area contributed by atoms with Crippen LogP contribution in [0.25, 0.3) is 0 Å². The maximum absolute atomic E-state index is 10.3. The largest absolute Gasteiger partial charge is 0.388 e. The van der Waals surface area contributed by atoms with E-state index in [1.807, 2.05) is 43.3 Å². The third kappa shape index (κ3) is 2.45. The Kier molecular flexibility index (Phi) is 3.40. The molecule has 0 radical (unpaired) electrons. The number of pyridine rings is 1. The molecule has 3 heteroatoms. The Balaban J connectivity index is 2.27. The van der Waals surface area contributed by atoms with Gasteiger partial charge in [0.05, 0.1) is 6.10 Å². The zero-order chi connectivity index (χ0) is 12.3. The molecule has 1 aromatic heterocycles. The maximum Gasteiger partial charge on any atom is 0.129 e. The molecule has 0 aliphatic heterocycles. The molecule has 0 aliphatic rings. The average Bonchev–Trinajstić information content (AvgIpc) is 2.39. The van der Waals surface area contributed by atoms with E-state index in [-0.39, 0.29) is 5.92 Å². The smallest absolute Gasteiger partial charge is 0.129 e. The highest BCUT2D eigenvalue weighted by Gasteiger charge is 2.20. The highest BCUT2D eigenvalue weighted by Crippen LogP contribution is 2.32. The molecule has 0 saturated heterocycles. The van der Waals surface area contributed by atoms with Crippen molar-refractivity contribution in [1.82, 2.24) is 4.98 Å². The second-order valence-corrected chi connectivity index (χ2v) is 4.12. The van der Waals surface area contributed by atoms with Gasteiger partial charge in [0.2, 0.25) is 0 Å². The third-order valence-corrected chi connectivity index (χ3v) is 2.99. The number of rotatable bonds is 3. The monoisotopic (exact) mass is 228 g/mol. The standard InChI is InChI=1S/C14H16N2O/c1-10(11-6-3-2-4-7-11)13(17)12-8-5-9-16-14(12)15/h2-10,13,17H,1H3,(H2,15,16). The molecule has 3 N–H and O–H groups in total. The number of hydrogen-bond acceptors (Lipinski definition) is 3. The number of nitrogens with two attached hydrogens (primary N) is 1. The van der Waals surface area contributed by atoms with E-state index in [0.717, 1.165) is 5.56 Å². The van der Waals surface area contributed by atoms with Crippen molar-refractivity contribution in [1.29, 1.82) is 0 Å². The lowest BCUT2D eigenvalue weighted by molar-refractivity contribution is 0.152. The molecule has 2 aromatic rings. The van der Waals surface area contributed by atoms with Crippen molar-refractivity contribution in [3.05, 3.63) is 59.8 Å². The van der Waals surface area contributed by atoms with Crippen LogP contribution in [0.3, 0.4) is 0 Å². The van der Waals surface area contributed by atoms with Crippen LogP contribution in [-0.4, -0.2) is 10.1 Å². The Labute approximate surface area is 101 Å². The number of hydrogen-bond donors (Lipinski definition) is 2. The number of aliphatic hydroxyl groups excluding tert-OH is 1. The molecule has 0 saturated carbocycles. The number of nitrogens with zero attached hydrogens (tertiary/aromatic N) is 1. The predicted molar refractivity (Wildman–Crippen MR) is 68.5 cm³/mol. The number of aliphatic hydroxyl groups is 1. The SMILES string of the molecule is CC(c1ccccc1)C(O)c1cccnc1N. The summed E-state index contributed by atoms with van der Waals surface area (Å²) in [6, 6.07) is 13.5. The summed E-state index contributed by atoms with van der Waals surface area (Å²) in [5, 5.41) is 10.3. The molecule has 3 nitrogen and oxygen atoms in total. The fourth-order valence-corrected chi connectivity index (χ4v) is 1.89. The lowest BCUT2D eigenvalue weighted by Gasteiger charge is -2.20. The van der Waals surface area contributed by atoms with Gasteiger partial charge >= 0.3 is 0 Å². The molecule has 17 heavy (non-hydrogen) atoms. The summed E-state index contributed by atoms with van der Waals surface area (Å²) in [4.78, 5) is 3.99. The van der Waals surface area contributed by atoms with E-state index < -0.39 is 6.10 Å². The molecule has 2 atom stereocenters. The van der Waals surface area contributed by atoms with E-state index in [4.69, 9.17) is 5.73 Å². The summed E-state index contributed by atoms with van der Waals surface area (Å²) < 4.78 is 0. The summed E-state index contributed by atoms with van der Waals surface area (Å²) in [5.41, 5.74) is 7.54. The van der Waals surface area contributed by atoms with Gasteiger partial charge in [0.15, 0.2) is 0 Å². The number of benzene rings is 1. The topological polar surface area (TPSA) is 59.1 Å². The number of nitrogen functional groups attached to an aromatic ring is 1. The third-order valence-electron chi connectivity index (χ3n) is 2.99. The van der Waals surface area contributed by atoms with Gasteiger partial charge in [0, 0.05) is 17.7 Å². The molecule has 1 aromatic carbocycles. The van der Waals surface area contributed by atoms with Gasteiger partial charge in [0.1, 0.15) is 5.82 Å². The molecule has 88 valence electrons. The minimum atomic E-state index is -0.633. The van der Waals surface area contributed by atoms with E-state index in [1.54, 1.807) is 12.3 Å². The first-order valence-electron chi connectivity index (χ1n) is 5.63. The Morgan fingerprint density at radius 2 is 1.82 bits per heavy atom. The van der Waals surface area contributed by atoms with Crippen molar-refractivity contribution in [2.45, 2.75) is 18.9 Å². The predicted octanol–water partition coefficient (Wildman–Crippen LogP) is 2.50. The summed E-state index contributed by atoms with van der Waals surface area (Å²) in [7, 11) is 0. The molecule has 2 unspecified atom stereocenters. The van der Waals surface area contributed by atoms with Crippen LogP contribution in [0, 0.1) is 0 Å². The summed E-state index contributed by atoms with van der Waals surface area (Å²) >= 11 is 0. The zero-order valence-electron chi connectivity index (χ0n) is 9.75. The van der Waals surface area contributed by atoms with Crippen LogP contribution in [0.15, 0.2) is 48.7 Å². The van der Waals surface area contributed by atoms with Crippen LogP contribution in [0.2, 0.25) is 0 Å². The fraction of sp³-hybridized carbons (Fsp3) is 0.214. The first kappa shape index (κ1) is 11.6. The van der Waals surface area contributed by atoms with Gasteiger partial charge in [0.25, 0.3) is 0 Å². The molecule has 0 amide bonds. The molecule has 1 heterocycles. The van der Waals surface area contributed by atoms with Crippen LogP contribution in [-0.2, 0) is 0 Å². The highest BCUT2D eigenvalue weighted by molar-refractivity contribution is 5.41. The van der Waals surface area contributed by atoms with Gasteiger partial charge in [-0.3, -0.25) is 0 Å². The van der Waals surface area contributed by atoms with Crippen molar-refractivity contribution in [2.75, 3.05) is 5.73 Å². The zero-order valence-corrected chi connectivity index (χ0v) is 9.75. The lowest BCUT2D eigenvalue weighted by atomic mass is 9.91. The van der Waals surface area contributed by atoms with E-state index in [9.17, 15) is 5.11 Å². The van der Waals surface area contributed by atoms with Crippen molar-refractivity contribution in [3.63, 3.8) is 0 Å². The number of anilines is 1. The molecular weight excluding hydrogens is 212 g/mol. The number of aromatic nitrogens is 1. The molecule has 0 spiro atoms. The van der Waals surface area contributed by atoms with Crippen molar-refractivity contribution < 1.29 is 5.11 Å². The van der Waals surface area contributed by atoms with E-state index in [1.165, 1.54) is 0 Å². The van der Waals surface area contributed by atoms with E-state index in [0.29, 0.717) is 11.4 Å². The second-order valence-electron chi connectivity index (χ2n) is 4.12. The van der Waals surface area contributed by atoms with Gasteiger partial charge < -0.3 is 10.8 Å². The molecule has 0 aliphatic carbocycles. The molecule has 0 bridgehead atoms. The van der Waals surface area contributed by atoms with Gasteiger partial charge in [-0.05, 0) is 11.6 Å². The summed E-state index contributed by atoms with van der Waals surface area (Å²) in [5.74, 6) is 0.380. The Hall–Kier alpha value is -1.87. The minimum absolute atomic E-state index is 0.0114. The van der Waals surface area contributed by atoms with Crippen LogP contribution in [0.4, 0.5) is 5.82 Å². The molecule has 0 fully saturated rings. The van der Waals surface area contributed by atoms with Gasteiger partial charge in [-0.15, -0.1) is 0 Å². The Bertz CT molecular complexity index is 485. The quantitative estimate of drug-likeness (QED) is 0.848. The van der Waals surface area contributed by atoms with Crippen molar-refractivity contribution in [3.8, 4) is 0 Å². The van der Waals surface area contributed by atoms with Crippen molar-refractivity contribution in [2.24, 2.45) is 0 Å². The van der Waals surface area contributed by atoms with Gasteiger partial charge in [-0.1, -0.05) is 43.3 Å². The first-order valence-corrected chi connectivity index (χ1v) is 5.63. The maximum atomic E-state index is 10.3. The van der Waals surface area contributed by atoms with Gasteiger partial charge in [-0.25, -0.2) is 4.98 Å². The molecular formula is C14H16N2O. The Morgan fingerprint density at radius 3 is 2.47 bits per heavy atom. The van der Waals surface area contributed by atoms with E-state index in [2.05, 4.69) is 4.98 Å². The fourth-order valence-electron chi connectivity index (χ4n) is 1.89. The first-order chi connectivity index (χ1) is 8.20. The Morgan fingerprint density at radius 1 is 1.12 bits per heavy atom. The normalized spacial score (nSPS) is 14.2. The van der Waals surface area contributed by atoms with Crippen LogP contribution >= 0.6 is 0 Å².